The molecule has 2 heteroatoms. The largest absolute Gasteiger partial charge is 0.295 e. The lowest BCUT2D eigenvalue weighted by molar-refractivity contribution is 0.0937. The fraction of sp³-hybridized carbons (Fsp3) is 0.167. The van der Waals surface area contributed by atoms with Crippen LogP contribution in [-0.2, 0) is 0 Å². The van der Waals surface area contributed by atoms with Gasteiger partial charge in [0.1, 0.15) is 0 Å². The molecule has 0 unspecified atom stereocenters. The standard InChI is InChI=1S/C6H7NO/c1-6(8)7-4-2-3-5-7/h2-5H,1H3/i2D. The summed E-state index contributed by atoms with van der Waals surface area (Å²) in [5, 5.41) is 0. The van der Waals surface area contributed by atoms with Crippen LogP contribution in [0.1, 0.15) is 13.1 Å². The van der Waals surface area contributed by atoms with Gasteiger partial charge in [-0.1, -0.05) is 0 Å². The monoisotopic (exact) mass is 110 g/mol. The minimum atomic E-state index is -0.0616. The molecule has 1 aromatic rings. The van der Waals surface area contributed by atoms with Crippen LogP contribution in [0.5, 0.6) is 0 Å². The third kappa shape index (κ3) is 0.780. The molecule has 2 nitrogen and oxygen atoms in total. The molecule has 42 valence electrons. The first kappa shape index (κ1) is 3.89. The van der Waals surface area contributed by atoms with Gasteiger partial charge in [-0.15, -0.1) is 0 Å². The number of hydrogen-bond donors (Lipinski definition) is 0. The van der Waals surface area contributed by atoms with E-state index in [4.69, 9.17) is 1.37 Å². The molecule has 0 amide bonds. The number of nitrogens with zero attached hydrogens (tertiary/aromatic N) is 1. The van der Waals surface area contributed by atoms with E-state index >= 15 is 0 Å². The average Bonchev–Trinajstić information content (AvgIpc) is 2.14. The summed E-state index contributed by atoms with van der Waals surface area (Å²) in [5.74, 6) is -0.0616. The lowest BCUT2D eigenvalue weighted by Gasteiger charge is -1.89. The molecule has 0 bridgehead atoms. The third-order valence-electron chi connectivity index (χ3n) is 0.909. The van der Waals surface area contributed by atoms with E-state index in [0.717, 1.165) is 0 Å². The molecular weight excluding hydrogens is 102 g/mol. The highest BCUT2D eigenvalue weighted by Crippen LogP contribution is 1.87. The Morgan fingerprint density at radius 3 is 2.75 bits per heavy atom. The Morgan fingerprint density at radius 1 is 1.75 bits per heavy atom. The second-order valence-electron chi connectivity index (χ2n) is 1.54. The van der Waals surface area contributed by atoms with Crippen LogP contribution in [0.25, 0.3) is 0 Å². The van der Waals surface area contributed by atoms with Crippen molar-refractivity contribution in [3.63, 3.8) is 0 Å². The Kier molecular flexibility index (Phi) is 0.886. The fourth-order valence-electron chi connectivity index (χ4n) is 0.486. The molecule has 8 heavy (non-hydrogen) atoms. The van der Waals surface area contributed by atoms with E-state index in [1.54, 1.807) is 12.3 Å². The van der Waals surface area contributed by atoms with Crippen LogP contribution < -0.4 is 0 Å². The zero-order valence-electron chi connectivity index (χ0n) is 5.59. The molecule has 0 aliphatic rings. The quantitative estimate of drug-likeness (QED) is 0.491. The van der Waals surface area contributed by atoms with Crippen LogP contribution >= 0.6 is 0 Å². The van der Waals surface area contributed by atoms with E-state index in [9.17, 15) is 4.79 Å². The molecule has 0 N–H and O–H groups in total. The van der Waals surface area contributed by atoms with E-state index < -0.39 is 0 Å². The van der Waals surface area contributed by atoms with E-state index in [1.807, 2.05) is 0 Å². The van der Waals surface area contributed by atoms with Crippen LogP contribution in [-0.4, -0.2) is 10.5 Å². The maximum atomic E-state index is 10.5. The van der Waals surface area contributed by atoms with E-state index in [2.05, 4.69) is 0 Å². The summed E-state index contributed by atoms with van der Waals surface area (Å²) >= 11 is 0. The number of aromatic nitrogens is 1. The molecule has 0 aliphatic heterocycles. The van der Waals surface area contributed by atoms with Crippen molar-refractivity contribution in [3.05, 3.63) is 24.5 Å². The highest BCUT2D eigenvalue weighted by atomic mass is 16.1. The fourth-order valence-corrected chi connectivity index (χ4v) is 0.486. The van der Waals surface area contributed by atoms with Gasteiger partial charge in [-0.2, -0.15) is 0 Å². The van der Waals surface area contributed by atoms with Gasteiger partial charge in [0.2, 0.25) is 5.91 Å². The third-order valence-corrected chi connectivity index (χ3v) is 0.909. The van der Waals surface area contributed by atoms with Gasteiger partial charge in [0.05, 0.1) is 1.37 Å². The van der Waals surface area contributed by atoms with Crippen molar-refractivity contribution in [1.82, 2.24) is 4.57 Å². The molecule has 1 heterocycles. The van der Waals surface area contributed by atoms with Crippen LogP contribution in [0.4, 0.5) is 0 Å². The van der Waals surface area contributed by atoms with Crippen molar-refractivity contribution >= 4 is 5.91 Å². The van der Waals surface area contributed by atoms with E-state index in [-0.39, 0.29) is 5.91 Å². The summed E-state index contributed by atoms with van der Waals surface area (Å²) in [6, 6.07) is 1.94. The lowest BCUT2D eigenvalue weighted by Crippen LogP contribution is -2.00. The predicted molar refractivity (Wildman–Crippen MR) is 30.7 cm³/mol. The molecule has 1 aromatic heterocycles. The normalized spacial score (nSPS) is 10.9. The number of carbonyl (C=O) groups is 1. The number of hydrogen-bond acceptors (Lipinski definition) is 1. The van der Waals surface area contributed by atoms with Gasteiger partial charge in [-0.05, 0) is 12.1 Å². The molecule has 0 spiro atoms. The summed E-state index contributed by atoms with van der Waals surface area (Å²) in [6.45, 7) is 1.46. The smallest absolute Gasteiger partial charge is 0.227 e. The van der Waals surface area contributed by atoms with Crippen molar-refractivity contribution in [1.29, 1.82) is 0 Å². The van der Waals surface area contributed by atoms with Crippen molar-refractivity contribution in [2.45, 2.75) is 6.92 Å². The molecule has 0 saturated heterocycles. The summed E-state index contributed by atoms with van der Waals surface area (Å²) in [6.07, 6.45) is 3.05. The first-order valence-corrected chi connectivity index (χ1v) is 2.35. The minimum Gasteiger partial charge on any atom is -0.295 e. The maximum absolute atomic E-state index is 10.5. The van der Waals surface area contributed by atoms with Crippen LogP contribution in [0, 0.1) is 0 Å². The predicted octanol–water partition coefficient (Wildman–Crippen LogP) is 1.15. The van der Waals surface area contributed by atoms with Gasteiger partial charge in [-0.25, -0.2) is 0 Å². The second kappa shape index (κ2) is 1.82. The highest BCUT2D eigenvalue weighted by Gasteiger charge is 1.89. The number of carbonyl (C=O) groups excluding carboxylic acids is 1. The maximum Gasteiger partial charge on any atom is 0.227 e. The average molecular weight is 110 g/mol. The summed E-state index contributed by atoms with van der Waals surface area (Å²) in [7, 11) is 0. The van der Waals surface area contributed by atoms with Gasteiger partial charge in [0, 0.05) is 19.3 Å². The zero-order chi connectivity index (χ0) is 6.85. The number of rotatable bonds is 0. The zero-order valence-corrected chi connectivity index (χ0v) is 4.59. The highest BCUT2D eigenvalue weighted by molar-refractivity contribution is 5.75. The van der Waals surface area contributed by atoms with Gasteiger partial charge in [-0.3, -0.25) is 9.36 Å². The SMILES string of the molecule is [2H]c1ccn(C(C)=O)c1. The first-order chi connectivity index (χ1) is 4.20. The molecule has 0 aromatic carbocycles. The van der Waals surface area contributed by atoms with Gasteiger partial charge in [0.15, 0.2) is 0 Å². The lowest BCUT2D eigenvalue weighted by atomic mass is 10.7. The topological polar surface area (TPSA) is 22.0 Å². The molecule has 0 radical (unpaired) electrons. The van der Waals surface area contributed by atoms with Crippen LogP contribution in [0.2, 0.25) is 0 Å². The Hall–Kier alpha value is -1.05. The molecular formula is C6H7NO. The minimum absolute atomic E-state index is 0.0616. The molecule has 1 rings (SSSR count). The van der Waals surface area contributed by atoms with Crippen molar-refractivity contribution in [2.75, 3.05) is 0 Å². The van der Waals surface area contributed by atoms with Crippen LogP contribution in [0.15, 0.2) is 24.5 Å². The van der Waals surface area contributed by atoms with Crippen molar-refractivity contribution in [3.8, 4) is 0 Å². The van der Waals surface area contributed by atoms with Crippen molar-refractivity contribution < 1.29 is 6.17 Å². The first-order valence-electron chi connectivity index (χ1n) is 2.85. The van der Waals surface area contributed by atoms with Crippen molar-refractivity contribution in [2.24, 2.45) is 0 Å². The van der Waals surface area contributed by atoms with Crippen LogP contribution in [0.3, 0.4) is 0 Å². The van der Waals surface area contributed by atoms with E-state index in [1.165, 1.54) is 17.7 Å². The summed E-state index contributed by atoms with van der Waals surface area (Å²) in [5.41, 5.74) is 0. The molecule has 0 fully saturated rings. The summed E-state index contributed by atoms with van der Waals surface area (Å²) in [4.78, 5) is 10.5. The summed E-state index contributed by atoms with van der Waals surface area (Å²) < 4.78 is 8.41. The Labute approximate surface area is 49.1 Å². The van der Waals surface area contributed by atoms with Gasteiger partial charge < -0.3 is 0 Å². The molecule has 0 aliphatic carbocycles. The molecule has 0 atom stereocenters. The Morgan fingerprint density at radius 2 is 2.50 bits per heavy atom. The Balaban J connectivity index is 2.98. The second-order valence-corrected chi connectivity index (χ2v) is 1.54. The van der Waals surface area contributed by atoms with Gasteiger partial charge >= 0.3 is 0 Å². The Bertz CT molecular complexity index is 229. The van der Waals surface area contributed by atoms with Gasteiger partial charge in [0.25, 0.3) is 0 Å². The molecule has 0 saturated carbocycles. The van der Waals surface area contributed by atoms with E-state index in [0.29, 0.717) is 6.04 Å².